The molecule has 0 aromatic heterocycles. The molecule has 5 nitrogen and oxygen atoms in total. The lowest BCUT2D eigenvalue weighted by molar-refractivity contribution is -0.131. The van der Waals surface area contributed by atoms with Crippen LogP contribution in [-0.2, 0) is 16.1 Å². The van der Waals surface area contributed by atoms with Gasteiger partial charge in [-0.3, -0.25) is 9.69 Å². The van der Waals surface area contributed by atoms with Gasteiger partial charge in [0.1, 0.15) is 11.4 Å². The van der Waals surface area contributed by atoms with Crippen molar-refractivity contribution in [2.24, 2.45) is 0 Å². The summed E-state index contributed by atoms with van der Waals surface area (Å²) >= 11 is 0. The summed E-state index contributed by atoms with van der Waals surface area (Å²) in [6, 6.07) is 5.32. The Hall–Kier alpha value is -1.95. The van der Waals surface area contributed by atoms with Crippen molar-refractivity contribution in [3.05, 3.63) is 35.6 Å². The number of urea groups is 1. The van der Waals surface area contributed by atoms with Crippen molar-refractivity contribution in [1.82, 2.24) is 10.2 Å². The molecule has 1 aromatic rings. The van der Waals surface area contributed by atoms with E-state index < -0.39 is 11.6 Å². The molecule has 19 heavy (non-hydrogen) atoms. The van der Waals surface area contributed by atoms with Gasteiger partial charge in [0.15, 0.2) is 0 Å². The third-order valence-electron chi connectivity index (χ3n) is 3.52. The molecule has 2 fully saturated rings. The summed E-state index contributed by atoms with van der Waals surface area (Å²) in [7, 11) is 0. The van der Waals surface area contributed by atoms with E-state index in [1.807, 2.05) is 0 Å². The summed E-state index contributed by atoms with van der Waals surface area (Å²) in [4.78, 5) is 25.3. The number of nitrogens with zero attached hydrogens (tertiary/aromatic N) is 1. The maximum Gasteiger partial charge on any atom is 0.325 e. The van der Waals surface area contributed by atoms with E-state index in [4.69, 9.17) is 4.74 Å². The molecule has 3 amide bonds. The number of halogens is 1. The predicted octanol–water partition coefficient (Wildman–Crippen LogP) is 1.04. The topological polar surface area (TPSA) is 58.6 Å². The molecule has 0 saturated carbocycles. The second kappa shape index (κ2) is 4.31. The summed E-state index contributed by atoms with van der Waals surface area (Å²) in [6.45, 7) is 0.834. The molecule has 2 aliphatic rings. The predicted molar refractivity (Wildman–Crippen MR) is 63.6 cm³/mol. The second-order valence-electron chi connectivity index (χ2n) is 4.83. The van der Waals surface area contributed by atoms with Gasteiger partial charge in [0, 0.05) is 13.0 Å². The minimum atomic E-state index is -0.892. The number of carbonyl (C=O) groups is 2. The van der Waals surface area contributed by atoms with Crippen LogP contribution in [0.4, 0.5) is 9.18 Å². The highest BCUT2D eigenvalue weighted by Crippen LogP contribution is 2.27. The van der Waals surface area contributed by atoms with E-state index in [1.54, 1.807) is 12.1 Å². The van der Waals surface area contributed by atoms with Gasteiger partial charge < -0.3 is 10.1 Å². The summed E-state index contributed by atoms with van der Waals surface area (Å²) in [5.41, 5.74) is -0.183. The van der Waals surface area contributed by atoms with Crippen molar-refractivity contribution in [3.63, 3.8) is 0 Å². The van der Waals surface area contributed by atoms with Gasteiger partial charge >= 0.3 is 6.03 Å². The molecule has 2 heterocycles. The Bertz CT molecular complexity index is 523. The number of hydrogen-bond donors (Lipinski definition) is 1. The quantitative estimate of drug-likeness (QED) is 0.812. The number of amides is 3. The first-order valence-electron chi connectivity index (χ1n) is 6.07. The van der Waals surface area contributed by atoms with Gasteiger partial charge in [-0.05, 0) is 17.7 Å². The average molecular weight is 264 g/mol. The first kappa shape index (κ1) is 12.1. The Morgan fingerprint density at radius 1 is 1.32 bits per heavy atom. The van der Waals surface area contributed by atoms with Crippen LogP contribution < -0.4 is 5.32 Å². The van der Waals surface area contributed by atoms with Crippen LogP contribution in [0.3, 0.4) is 0 Å². The number of ether oxygens (including phenoxy) is 1. The first-order chi connectivity index (χ1) is 9.11. The molecule has 0 radical (unpaired) electrons. The van der Waals surface area contributed by atoms with Crippen LogP contribution >= 0.6 is 0 Å². The molecule has 1 N–H and O–H groups in total. The Morgan fingerprint density at radius 3 is 2.68 bits per heavy atom. The molecule has 3 rings (SSSR count). The first-order valence-corrected chi connectivity index (χ1v) is 6.07. The van der Waals surface area contributed by atoms with E-state index in [0.717, 1.165) is 4.90 Å². The number of nitrogens with one attached hydrogen (secondary N) is 1. The Balaban J connectivity index is 1.79. The van der Waals surface area contributed by atoms with Crippen molar-refractivity contribution in [1.29, 1.82) is 0 Å². The Labute approximate surface area is 109 Å². The SMILES string of the molecule is O=C1NC2(CCOC2)C(=O)N1Cc1ccc(F)cc1. The average Bonchev–Trinajstić information content (AvgIpc) is 2.94. The number of imide groups is 1. The number of rotatable bonds is 2. The monoisotopic (exact) mass is 264 g/mol. The summed E-state index contributed by atoms with van der Waals surface area (Å²) < 4.78 is 18.0. The van der Waals surface area contributed by atoms with Gasteiger partial charge in [-0.1, -0.05) is 12.1 Å². The standard InChI is InChI=1S/C13H13FN2O3/c14-10-3-1-9(2-4-10)7-16-11(17)13(15-12(16)18)5-6-19-8-13/h1-4H,5-8H2,(H,15,18). The maximum absolute atomic E-state index is 12.8. The van der Waals surface area contributed by atoms with Crippen LogP contribution in [0.2, 0.25) is 0 Å². The molecule has 1 unspecified atom stereocenters. The number of carbonyl (C=O) groups excluding carboxylic acids is 2. The third-order valence-corrected chi connectivity index (χ3v) is 3.52. The highest BCUT2D eigenvalue weighted by atomic mass is 19.1. The largest absolute Gasteiger partial charge is 0.378 e. The molecular formula is C13H13FN2O3. The third kappa shape index (κ3) is 1.98. The minimum Gasteiger partial charge on any atom is -0.378 e. The number of benzene rings is 1. The van der Waals surface area contributed by atoms with Crippen molar-refractivity contribution in [2.75, 3.05) is 13.2 Å². The van der Waals surface area contributed by atoms with Gasteiger partial charge in [-0.2, -0.15) is 0 Å². The lowest BCUT2D eigenvalue weighted by Crippen LogP contribution is -2.47. The highest BCUT2D eigenvalue weighted by Gasteiger charge is 2.53. The van der Waals surface area contributed by atoms with E-state index in [-0.39, 0.29) is 24.9 Å². The zero-order valence-corrected chi connectivity index (χ0v) is 10.2. The molecule has 1 atom stereocenters. The molecule has 0 aliphatic carbocycles. The molecule has 2 saturated heterocycles. The fourth-order valence-corrected chi connectivity index (χ4v) is 2.42. The van der Waals surface area contributed by atoms with Crippen LogP contribution in [0.5, 0.6) is 0 Å². The second-order valence-corrected chi connectivity index (χ2v) is 4.83. The zero-order valence-electron chi connectivity index (χ0n) is 10.2. The normalized spacial score (nSPS) is 26.3. The van der Waals surface area contributed by atoms with Gasteiger partial charge in [0.2, 0.25) is 0 Å². The summed E-state index contributed by atoms with van der Waals surface area (Å²) in [6.07, 6.45) is 0.498. The molecule has 1 aromatic carbocycles. The highest BCUT2D eigenvalue weighted by molar-refractivity contribution is 6.07. The van der Waals surface area contributed by atoms with E-state index >= 15 is 0 Å². The van der Waals surface area contributed by atoms with Gasteiger partial charge in [0.05, 0.1) is 13.2 Å². The van der Waals surface area contributed by atoms with Crippen LogP contribution in [0.25, 0.3) is 0 Å². The summed E-state index contributed by atoms with van der Waals surface area (Å²) in [5.74, 6) is -0.610. The fraction of sp³-hybridized carbons (Fsp3) is 0.385. The van der Waals surface area contributed by atoms with Gasteiger partial charge in [-0.15, -0.1) is 0 Å². The smallest absolute Gasteiger partial charge is 0.325 e. The lowest BCUT2D eigenvalue weighted by atomic mass is 9.99. The van der Waals surface area contributed by atoms with Crippen LogP contribution in [0.15, 0.2) is 24.3 Å². The minimum absolute atomic E-state index is 0.146. The zero-order chi connectivity index (χ0) is 13.5. The van der Waals surface area contributed by atoms with E-state index in [0.29, 0.717) is 18.6 Å². The van der Waals surface area contributed by atoms with Crippen LogP contribution in [0, 0.1) is 5.82 Å². The van der Waals surface area contributed by atoms with Crippen molar-refractivity contribution in [2.45, 2.75) is 18.5 Å². The molecule has 6 heteroatoms. The van der Waals surface area contributed by atoms with Crippen molar-refractivity contribution >= 4 is 11.9 Å². The van der Waals surface area contributed by atoms with Gasteiger partial charge in [-0.25, -0.2) is 9.18 Å². The molecule has 2 aliphatic heterocycles. The van der Waals surface area contributed by atoms with E-state index in [1.165, 1.54) is 12.1 Å². The molecular weight excluding hydrogens is 251 g/mol. The molecule has 100 valence electrons. The maximum atomic E-state index is 12.8. The van der Waals surface area contributed by atoms with Crippen molar-refractivity contribution in [3.8, 4) is 0 Å². The lowest BCUT2D eigenvalue weighted by Gasteiger charge is -2.18. The van der Waals surface area contributed by atoms with Crippen LogP contribution in [-0.4, -0.2) is 35.6 Å². The Morgan fingerprint density at radius 2 is 2.05 bits per heavy atom. The fourth-order valence-electron chi connectivity index (χ4n) is 2.42. The van der Waals surface area contributed by atoms with E-state index in [2.05, 4.69) is 5.32 Å². The van der Waals surface area contributed by atoms with Crippen LogP contribution in [0.1, 0.15) is 12.0 Å². The van der Waals surface area contributed by atoms with Crippen molar-refractivity contribution < 1.29 is 18.7 Å². The summed E-state index contributed by atoms with van der Waals surface area (Å²) in [5, 5.41) is 2.70. The molecule has 0 bridgehead atoms. The van der Waals surface area contributed by atoms with E-state index in [9.17, 15) is 14.0 Å². The number of hydrogen-bond acceptors (Lipinski definition) is 3. The Kier molecular flexibility index (Phi) is 2.74. The molecule has 1 spiro atoms. The van der Waals surface area contributed by atoms with Gasteiger partial charge in [0.25, 0.3) is 5.91 Å².